The van der Waals surface area contributed by atoms with Crippen LogP contribution < -0.4 is 0 Å². The molecule has 0 nitrogen and oxygen atoms in total. The van der Waals surface area contributed by atoms with Crippen molar-refractivity contribution in [2.24, 2.45) is 0 Å². The Hall–Kier alpha value is 0.217. The molecule has 1 saturated heterocycles. The van der Waals surface area contributed by atoms with Crippen LogP contribution in [0.15, 0.2) is 0 Å². The normalized spacial score (nSPS) is 25.1. The number of rotatable bonds is 0. The molecule has 1 heteroatoms. The van der Waals surface area contributed by atoms with E-state index >= 15 is 0 Å². The second-order valence-corrected chi connectivity index (χ2v) is 6.46. The summed E-state index contributed by atoms with van der Waals surface area (Å²) in [6.45, 7) is 2.52. The Balaban J connectivity index is 2.17. The summed E-state index contributed by atoms with van der Waals surface area (Å²) in [6, 6.07) is 3.25. The minimum absolute atomic E-state index is 0.140. The fourth-order valence-electron chi connectivity index (χ4n) is 1.48. The molecule has 0 atom stereocenters. The first-order valence-electron chi connectivity index (χ1n) is 3.89. The molecule has 0 saturated carbocycles. The van der Waals surface area contributed by atoms with Crippen molar-refractivity contribution < 1.29 is 0 Å². The Morgan fingerprint density at radius 2 is 1.38 bits per heavy atom. The molecule has 1 heterocycles. The lowest BCUT2D eigenvalue weighted by Crippen LogP contribution is -2.01. The highest BCUT2D eigenvalue weighted by Gasteiger charge is 2.06. The van der Waals surface area contributed by atoms with Crippen LogP contribution in [0.5, 0.6) is 0 Å². The summed E-state index contributed by atoms with van der Waals surface area (Å²) in [5.41, 5.74) is 0. The molecule has 0 aromatic heterocycles. The Morgan fingerprint density at radius 3 is 1.88 bits per heavy atom. The fourth-order valence-corrected chi connectivity index (χ4v) is 3.74. The molecular weight excluding hydrogens is 112 g/mol. The highest BCUT2D eigenvalue weighted by atomic mass is 28.3. The van der Waals surface area contributed by atoms with Gasteiger partial charge in [0.05, 0.1) is 0 Å². The minimum Gasteiger partial charge on any atom is -0.0720 e. The molecule has 0 N–H and O–H groups in total. The molecule has 0 unspecified atom stereocenters. The highest BCUT2D eigenvalue weighted by Crippen LogP contribution is 2.17. The molecule has 0 aromatic rings. The maximum absolute atomic E-state index is 2.52. The lowest BCUT2D eigenvalue weighted by atomic mass is 10.2. The van der Waals surface area contributed by atoms with E-state index in [1.54, 1.807) is 24.9 Å². The second-order valence-electron chi connectivity index (χ2n) is 3.10. The van der Waals surface area contributed by atoms with Gasteiger partial charge < -0.3 is 0 Å². The topological polar surface area (TPSA) is 0 Å². The zero-order chi connectivity index (χ0) is 5.82. The molecule has 0 aromatic carbocycles. The highest BCUT2D eigenvalue weighted by molar-refractivity contribution is 6.57. The van der Waals surface area contributed by atoms with E-state index in [9.17, 15) is 0 Å². The lowest BCUT2D eigenvalue weighted by molar-refractivity contribution is 0.720. The van der Waals surface area contributed by atoms with Crippen molar-refractivity contribution in [3.63, 3.8) is 0 Å². The average molecular weight is 128 g/mol. The van der Waals surface area contributed by atoms with E-state index in [4.69, 9.17) is 0 Å². The van der Waals surface area contributed by atoms with Crippen LogP contribution in [0.25, 0.3) is 0 Å². The molecule has 1 aliphatic rings. The predicted molar refractivity (Wildman–Crippen MR) is 41.1 cm³/mol. The van der Waals surface area contributed by atoms with Crippen molar-refractivity contribution in [2.45, 2.75) is 44.3 Å². The Bertz CT molecular complexity index is 53.4. The van der Waals surface area contributed by atoms with Crippen molar-refractivity contribution in [2.75, 3.05) is 0 Å². The SMILES string of the molecule is C[SiH]1CCCCCC1. The van der Waals surface area contributed by atoms with Gasteiger partial charge in [0.2, 0.25) is 0 Å². The van der Waals surface area contributed by atoms with Gasteiger partial charge in [-0.1, -0.05) is 44.3 Å². The predicted octanol–water partition coefficient (Wildman–Crippen LogP) is 2.42. The summed E-state index contributed by atoms with van der Waals surface area (Å²) in [5.74, 6) is 0. The van der Waals surface area contributed by atoms with E-state index in [1.807, 2.05) is 0 Å². The molecule has 0 aliphatic carbocycles. The molecule has 0 radical (unpaired) electrons. The molecule has 1 rings (SSSR count). The monoisotopic (exact) mass is 128 g/mol. The van der Waals surface area contributed by atoms with Crippen LogP contribution >= 0.6 is 0 Å². The zero-order valence-electron chi connectivity index (χ0n) is 5.82. The summed E-state index contributed by atoms with van der Waals surface area (Å²) < 4.78 is 0. The average Bonchev–Trinajstić information content (AvgIpc) is 1.94. The van der Waals surface area contributed by atoms with Crippen LogP contribution in [0.1, 0.15) is 25.7 Å². The van der Waals surface area contributed by atoms with Crippen LogP contribution in [-0.4, -0.2) is 8.80 Å². The summed E-state index contributed by atoms with van der Waals surface area (Å²) >= 11 is 0. The molecule has 0 amide bonds. The van der Waals surface area contributed by atoms with Crippen LogP contribution in [0, 0.1) is 0 Å². The van der Waals surface area contributed by atoms with Gasteiger partial charge in [0.15, 0.2) is 0 Å². The van der Waals surface area contributed by atoms with Crippen molar-refractivity contribution in [3.05, 3.63) is 0 Å². The van der Waals surface area contributed by atoms with Gasteiger partial charge in [-0.05, 0) is 0 Å². The first-order valence-corrected chi connectivity index (χ1v) is 6.68. The van der Waals surface area contributed by atoms with Gasteiger partial charge in [0.25, 0.3) is 0 Å². The van der Waals surface area contributed by atoms with Crippen molar-refractivity contribution in [1.82, 2.24) is 0 Å². The van der Waals surface area contributed by atoms with Gasteiger partial charge in [-0.3, -0.25) is 0 Å². The Morgan fingerprint density at radius 1 is 0.875 bits per heavy atom. The fraction of sp³-hybridized carbons (Fsp3) is 1.00. The van der Waals surface area contributed by atoms with E-state index in [0.717, 1.165) is 0 Å². The summed E-state index contributed by atoms with van der Waals surface area (Å²) in [6.07, 6.45) is 6.15. The molecule has 0 spiro atoms. The molecular formula is C7H16Si. The van der Waals surface area contributed by atoms with E-state index in [0.29, 0.717) is 0 Å². The summed E-state index contributed by atoms with van der Waals surface area (Å²) in [5, 5.41) is 0. The van der Waals surface area contributed by atoms with Crippen molar-refractivity contribution >= 4 is 8.80 Å². The number of hydrogen-bond donors (Lipinski definition) is 0. The Labute approximate surface area is 53.9 Å². The standard InChI is InChI=1S/C7H16Si/c1-8-6-4-2-3-5-7-8/h8H,2-7H2,1H3. The largest absolute Gasteiger partial charge is 0.0720 e. The second kappa shape index (κ2) is 3.28. The van der Waals surface area contributed by atoms with Crippen LogP contribution in [0.4, 0.5) is 0 Å². The smallest absolute Gasteiger partial charge is 0.0336 e. The van der Waals surface area contributed by atoms with Crippen molar-refractivity contribution in [1.29, 1.82) is 0 Å². The van der Waals surface area contributed by atoms with Crippen LogP contribution in [0.2, 0.25) is 18.6 Å². The van der Waals surface area contributed by atoms with Crippen molar-refractivity contribution in [3.8, 4) is 0 Å². The third kappa shape index (κ3) is 1.99. The van der Waals surface area contributed by atoms with Gasteiger partial charge in [-0.25, -0.2) is 0 Å². The van der Waals surface area contributed by atoms with E-state index in [2.05, 4.69) is 6.55 Å². The third-order valence-electron chi connectivity index (χ3n) is 2.14. The van der Waals surface area contributed by atoms with E-state index in [1.165, 1.54) is 12.8 Å². The van der Waals surface area contributed by atoms with Crippen LogP contribution in [-0.2, 0) is 0 Å². The lowest BCUT2D eigenvalue weighted by Gasteiger charge is -2.00. The van der Waals surface area contributed by atoms with Crippen LogP contribution in [0.3, 0.4) is 0 Å². The van der Waals surface area contributed by atoms with E-state index < -0.39 is 0 Å². The van der Waals surface area contributed by atoms with Gasteiger partial charge in [0.1, 0.15) is 0 Å². The maximum atomic E-state index is 2.52. The van der Waals surface area contributed by atoms with Gasteiger partial charge in [0, 0.05) is 8.80 Å². The van der Waals surface area contributed by atoms with Gasteiger partial charge in [-0.2, -0.15) is 0 Å². The first kappa shape index (κ1) is 6.34. The molecule has 1 aliphatic heterocycles. The third-order valence-corrected chi connectivity index (χ3v) is 4.93. The molecule has 48 valence electrons. The quantitative estimate of drug-likeness (QED) is 0.439. The van der Waals surface area contributed by atoms with E-state index in [-0.39, 0.29) is 8.80 Å². The van der Waals surface area contributed by atoms with Gasteiger partial charge in [-0.15, -0.1) is 0 Å². The Kier molecular flexibility index (Phi) is 2.60. The molecule has 1 fully saturated rings. The minimum atomic E-state index is -0.140. The summed E-state index contributed by atoms with van der Waals surface area (Å²) in [7, 11) is -0.140. The van der Waals surface area contributed by atoms with Gasteiger partial charge >= 0.3 is 0 Å². The zero-order valence-corrected chi connectivity index (χ0v) is 6.97. The molecule has 0 bridgehead atoms. The number of hydrogen-bond acceptors (Lipinski definition) is 0. The maximum Gasteiger partial charge on any atom is 0.0336 e. The summed E-state index contributed by atoms with van der Waals surface area (Å²) in [4.78, 5) is 0. The first-order chi connectivity index (χ1) is 3.89. The molecule has 8 heavy (non-hydrogen) atoms.